The minimum absolute atomic E-state index is 0.01000. The molecule has 6 aliphatic rings. The Morgan fingerprint density at radius 3 is 0.832 bits per heavy atom. The molecule has 8 heterocycles. The lowest BCUT2D eigenvalue weighted by atomic mass is 9.96. The Hall–Kier alpha value is -9.94. The molecule has 0 aliphatic carbocycles. The van der Waals surface area contributed by atoms with Crippen molar-refractivity contribution in [2.75, 3.05) is 26.4 Å². The summed E-state index contributed by atoms with van der Waals surface area (Å²) >= 11 is 1.75. The van der Waals surface area contributed by atoms with Gasteiger partial charge in [0.05, 0.1) is 38.7 Å². The van der Waals surface area contributed by atoms with Crippen molar-refractivity contribution in [3.63, 3.8) is 0 Å². The summed E-state index contributed by atoms with van der Waals surface area (Å²) < 4.78 is 148. The summed E-state index contributed by atoms with van der Waals surface area (Å²) in [4.78, 5) is 203. The molecule has 49 nitrogen and oxygen atoms in total. The van der Waals surface area contributed by atoms with E-state index < -0.39 is 317 Å². The minimum Gasteiger partial charge on any atom is -0.463 e. The van der Waals surface area contributed by atoms with Crippen molar-refractivity contribution in [1.29, 1.82) is 0 Å². The highest BCUT2D eigenvalue weighted by Gasteiger charge is 2.60. The summed E-state index contributed by atoms with van der Waals surface area (Å²) in [6, 6.07) is 0. The summed E-state index contributed by atoms with van der Waals surface area (Å²) in [5, 5.41) is 38.3. The van der Waals surface area contributed by atoms with Crippen LogP contribution in [0.5, 0.6) is 0 Å². The molecule has 0 unspecified atom stereocenters. The van der Waals surface area contributed by atoms with E-state index in [2.05, 4.69) is 20.6 Å². The van der Waals surface area contributed by atoms with Crippen LogP contribution in [0.2, 0.25) is 0 Å². The second-order valence-corrected chi connectivity index (χ2v) is 31.6. The number of aliphatic hydroxyl groups is 2. The van der Waals surface area contributed by atoms with Crippen molar-refractivity contribution < 1.29 is 205 Å². The Kier molecular flexibility index (Phi) is 37.4. The lowest BCUT2D eigenvalue weighted by Gasteiger charge is -2.48. The molecule has 2 aromatic rings. The predicted molar refractivity (Wildman–Crippen MR) is 400 cm³/mol. The van der Waals surface area contributed by atoms with Crippen molar-refractivity contribution in [3.05, 3.63) is 23.8 Å². The number of hydrogen-bond acceptors (Lipinski definition) is 49. The monoisotopic (exact) mass is 1820 g/mol. The first kappa shape index (κ1) is 100. The fraction of sp³-hybridized carbons (Fsp3) is 0.730. The Bertz CT molecular complexity index is 3900. The quantitative estimate of drug-likeness (QED) is 0.0556. The highest BCUT2D eigenvalue weighted by atomic mass is 32.2. The number of thioether (sulfide) groups is 2. The Morgan fingerprint density at radius 1 is 0.312 bits per heavy atom. The van der Waals surface area contributed by atoms with E-state index in [1.54, 1.807) is 0 Å². The molecule has 0 amide bonds. The van der Waals surface area contributed by atoms with Crippen LogP contribution < -0.4 is 0 Å². The largest absolute Gasteiger partial charge is 0.463 e. The van der Waals surface area contributed by atoms with Crippen LogP contribution in [0.25, 0.3) is 0 Å². The first-order valence-electron chi connectivity index (χ1n) is 38.8. The summed E-state index contributed by atoms with van der Waals surface area (Å²) in [5.41, 5.74) is -2.71. The smallest absolute Gasteiger partial charge is 0.303 e. The van der Waals surface area contributed by atoms with E-state index >= 15 is 0 Å². The fourth-order valence-electron chi connectivity index (χ4n) is 14.0. The minimum atomic E-state index is -2.09. The number of carbonyl (C=O) groups is 16. The molecular formula is C74H100N6O43S2. The lowest BCUT2D eigenvalue weighted by Crippen LogP contribution is -2.66. The number of aliphatic hydroxyl groups excluding tert-OH is 2. The highest BCUT2D eigenvalue weighted by molar-refractivity contribution is 8.00. The number of ether oxygens (including phenoxy) is 25. The van der Waals surface area contributed by atoms with Gasteiger partial charge in [0, 0.05) is 121 Å². The summed E-state index contributed by atoms with van der Waals surface area (Å²) in [6.45, 7) is 12.4. The average Bonchev–Trinajstić information content (AvgIpc) is 1.32. The topological polar surface area (TPSA) is 606 Å². The van der Waals surface area contributed by atoms with E-state index in [1.807, 2.05) is 0 Å². The molecule has 6 fully saturated rings. The standard InChI is InChI=1S/C74H100N6O43S2/c1-29(81)99-25-51-55(124-73-67(115-43(15)95)63(111-39(11)91)59(107-35(7)87)53(121-73)27-101-31(3)83)17-47(97)69(119-51)103-23-45-19-79(77-75-45)21-49-57(105-33(5)85)61(109-37(9)89)65(113-41(13)93)71(117-49)123-72-66(114-42(14)94)62(110-38(10)90)58(106-34(6)86)50(118-72)22-80-20-46(76-78-80)24-104-70-48(98)18-56(52(120-70)26-100-30(2)82)125-74-68(116-44(16)96)64(112-40(12)92)60(108-36(8)88)54(122-74)28-102-32(4)84/h19-20,47-74,97-98H,17-18,21-28H2,1-16H3/t47-,48-,49-,50-,51-,52-,53-,54-,55+,56+,57-,58-,59+,60+,61+,62+,63+,64+,65-,66-,67-,68-,69+,70+,71-,72-,73+,74+/m1/s1. The normalized spacial score (nSPS) is 32.0. The molecule has 51 heteroatoms. The van der Waals surface area contributed by atoms with Gasteiger partial charge in [0.1, 0.15) is 97.5 Å². The van der Waals surface area contributed by atoms with E-state index in [4.69, 9.17) is 118 Å². The zero-order chi connectivity index (χ0) is 92.1. The number of hydrogen-bond donors (Lipinski definition) is 2. The summed E-state index contributed by atoms with van der Waals surface area (Å²) in [7, 11) is 0. The molecule has 2 aromatic heterocycles. The van der Waals surface area contributed by atoms with Crippen molar-refractivity contribution in [3.8, 4) is 0 Å². The van der Waals surface area contributed by atoms with Gasteiger partial charge in [-0.3, -0.25) is 76.7 Å². The molecule has 6 aliphatic heterocycles. The summed E-state index contributed by atoms with van der Waals surface area (Å²) in [6.07, 6.45) is -36.8. The number of esters is 16. The molecule has 0 aromatic carbocycles. The van der Waals surface area contributed by atoms with Crippen LogP contribution >= 0.6 is 23.5 Å². The summed E-state index contributed by atoms with van der Waals surface area (Å²) in [5.74, 6) is -14.5. The maximum Gasteiger partial charge on any atom is 0.303 e. The number of rotatable bonds is 36. The van der Waals surface area contributed by atoms with Gasteiger partial charge in [-0.15, -0.1) is 33.7 Å². The molecule has 0 radical (unpaired) electrons. The maximum absolute atomic E-state index is 13.2. The first-order chi connectivity index (χ1) is 58.9. The van der Waals surface area contributed by atoms with Gasteiger partial charge in [-0.05, 0) is 12.8 Å². The van der Waals surface area contributed by atoms with E-state index in [1.165, 1.54) is 12.4 Å². The van der Waals surface area contributed by atoms with Crippen LogP contribution in [0.1, 0.15) is 135 Å². The second kappa shape index (κ2) is 46.5. The van der Waals surface area contributed by atoms with Crippen molar-refractivity contribution in [2.24, 2.45) is 0 Å². The zero-order valence-corrected chi connectivity index (χ0v) is 72.2. The van der Waals surface area contributed by atoms with Crippen LogP contribution in [-0.2, 0) is 221 Å². The highest BCUT2D eigenvalue weighted by Crippen LogP contribution is 2.44. The van der Waals surface area contributed by atoms with Crippen molar-refractivity contribution >= 4 is 119 Å². The third-order valence-corrected chi connectivity index (χ3v) is 21.4. The van der Waals surface area contributed by atoms with Crippen molar-refractivity contribution in [2.45, 2.75) is 319 Å². The van der Waals surface area contributed by atoms with E-state index in [0.717, 1.165) is 144 Å². The molecule has 0 bridgehead atoms. The molecule has 2 N–H and O–H groups in total. The third kappa shape index (κ3) is 30.1. The van der Waals surface area contributed by atoms with Crippen LogP contribution in [0.3, 0.4) is 0 Å². The van der Waals surface area contributed by atoms with Gasteiger partial charge in [0.25, 0.3) is 0 Å². The van der Waals surface area contributed by atoms with E-state index in [0.29, 0.717) is 0 Å². The SMILES string of the molecule is CC(=O)OC[C@H]1O[C@@H](S[C@H]2C[C@@H](O)[C@@H](OCc3cn(C[C@H]4O[C@H](O[C@H]5O[C@H](Cn6cc(CO[C@H]7O[C@H](COC(C)=O)[C@@H](S[C@@H]8O[C@H](COC(C)=O)[C@H](OC(C)=O)[C@H](OC(C)=O)[C@H]8OC(C)=O)C[C@H]7O)nn6)[C@@H](OC(C)=O)[C@H](OC(C)=O)[C@H]5OC(C)=O)[C@H](OC(C)=O)[C@@H](OC(C)=O)[C@@H]4OC(C)=O)nn3)O[C@@H]2COC(C)=O)[C@H](OC(C)=O)[C@@H](OC(C)=O)[C@H]1OC(C)=O. The molecule has 6 saturated heterocycles. The van der Waals surface area contributed by atoms with Crippen LogP contribution in [0.4, 0.5) is 0 Å². The maximum atomic E-state index is 13.2. The van der Waals surface area contributed by atoms with Crippen molar-refractivity contribution in [1.82, 2.24) is 30.0 Å². The molecule has 0 saturated carbocycles. The van der Waals surface area contributed by atoms with Gasteiger partial charge in [0.2, 0.25) is 12.6 Å². The van der Waals surface area contributed by atoms with E-state index in [9.17, 15) is 86.9 Å². The zero-order valence-electron chi connectivity index (χ0n) is 70.5. The van der Waals surface area contributed by atoms with E-state index in [-0.39, 0.29) is 24.2 Å². The third-order valence-electron chi connectivity index (χ3n) is 18.4. The first-order valence-corrected chi connectivity index (χ1v) is 40.6. The van der Waals surface area contributed by atoms with Gasteiger partial charge in [-0.25, -0.2) is 9.36 Å². The van der Waals surface area contributed by atoms with Gasteiger partial charge < -0.3 is 129 Å². The average molecular weight is 1830 g/mol. The van der Waals surface area contributed by atoms with Gasteiger partial charge in [-0.1, -0.05) is 10.4 Å². The van der Waals surface area contributed by atoms with Crippen LogP contribution in [0, 0.1) is 0 Å². The van der Waals surface area contributed by atoms with Crippen LogP contribution in [-0.4, -0.2) is 331 Å². The Balaban J connectivity index is 1.03. The van der Waals surface area contributed by atoms with Crippen LogP contribution in [0.15, 0.2) is 12.4 Å². The second-order valence-electron chi connectivity index (χ2n) is 28.9. The molecule has 0 spiro atoms. The molecule has 8 rings (SSSR count). The van der Waals surface area contributed by atoms with Gasteiger partial charge in [0.15, 0.2) is 85.8 Å². The molecule has 696 valence electrons. The number of carbonyl (C=O) groups excluding carboxylic acids is 16. The Morgan fingerprint density at radius 2 is 0.552 bits per heavy atom. The van der Waals surface area contributed by atoms with Gasteiger partial charge in [-0.2, -0.15) is 0 Å². The van der Waals surface area contributed by atoms with Gasteiger partial charge >= 0.3 is 95.5 Å². The predicted octanol–water partition coefficient (Wildman–Crippen LogP) is -1.89. The molecule has 125 heavy (non-hydrogen) atoms. The lowest BCUT2D eigenvalue weighted by molar-refractivity contribution is -0.376. The Labute approximate surface area is 720 Å². The fourth-order valence-corrected chi connectivity index (χ4v) is 17.1. The molecule has 28 atom stereocenters. The number of nitrogens with zero attached hydrogens (tertiary/aromatic N) is 6. The molecular weight excluding hydrogens is 1720 g/mol. The number of aromatic nitrogens is 6.